The highest BCUT2D eigenvalue weighted by molar-refractivity contribution is 5.77. The van der Waals surface area contributed by atoms with Crippen LogP contribution in [-0.4, -0.2) is 23.9 Å². The molecule has 0 radical (unpaired) electrons. The second-order valence-corrected chi connectivity index (χ2v) is 5.13. The van der Waals surface area contributed by atoms with E-state index in [-0.39, 0.29) is 12.5 Å². The molecule has 0 aliphatic carbocycles. The second kappa shape index (κ2) is 8.57. The summed E-state index contributed by atoms with van der Waals surface area (Å²) >= 11 is 0. The first-order valence-corrected chi connectivity index (χ1v) is 7.32. The number of furan rings is 1. The van der Waals surface area contributed by atoms with Crippen molar-refractivity contribution in [3.05, 3.63) is 72.2 Å². The van der Waals surface area contributed by atoms with E-state index in [1.54, 1.807) is 24.5 Å². The molecule has 0 unspecified atom stereocenters. The Labute approximate surface area is 135 Å². The number of hydrogen-bond donors (Lipinski definition) is 1. The lowest BCUT2D eigenvalue weighted by Crippen LogP contribution is -2.36. The molecule has 0 bridgehead atoms. The van der Waals surface area contributed by atoms with E-state index >= 15 is 0 Å². The fourth-order valence-electron chi connectivity index (χ4n) is 2.22. The van der Waals surface area contributed by atoms with Crippen molar-refractivity contribution in [2.45, 2.75) is 13.1 Å². The lowest BCUT2D eigenvalue weighted by Gasteiger charge is -2.20. The summed E-state index contributed by atoms with van der Waals surface area (Å²) in [5.41, 5.74) is 1.60. The number of benzene rings is 1. The summed E-state index contributed by atoms with van der Waals surface area (Å²) in [5.74, 6) is 0.634. The van der Waals surface area contributed by atoms with Gasteiger partial charge in [0.1, 0.15) is 5.76 Å². The topological polar surface area (TPSA) is 69.3 Å². The maximum Gasteiger partial charge on any atom is 0.234 e. The first-order chi connectivity index (χ1) is 11.2. The van der Waals surface area contributed by atoms with Gasteiger partial charge in [-0.3, -0.25) is 9.69 Å². The van der Waals surface area contributed by atoms with Crippen LogP contribution in [0.4, 0.5) is 0 Å². The molecule has 5 nitrogen and oxygen atoms in total. The van der Waals surface area contributed by atoms with Gasteiger partial charge in [0.15, 0.2) is 0 Å². The molecule has 1 aromatic heterocycles. The fourth-order valence-corrected chi connectivity index (χ4v) is 2.22. The Bertz CT molecular complexity index is 687. The fraction of sp³-hybridized carbons (Fsp3) is 0.222. The largest absolute Gasteiger partial charge is 0.467 e. The molecule has 5 heteroatoms. The van der Waals surface area contributed by atoms with Crippen molar-refractivity contribution in [1.82, 2.24) is 10.2 Å². The van der Waals surface area contributed by atoms with Crippen LogP contribution < -0.4 is 5.32 Å². The van der Waals surface area contributed by atoms with Crippen LogP contribution in [0, 0.1) is 11.3 Å². The molecule has 2 aromatic rings. The van der Waals surface area contributed by atoms with Gasteiger partial charge in [0.25, 0.3) is 0 Å². The van der Waals surface area contributed by atoms with E-state index in [0.29, 0.717) is 25.2 Å². The van der Waals surface area contributed by atoms with Crippen molar-refractivity contribution < 1.29 is 9.21 Å². The van der Waals surface area contributed by atoms with E-state index < -0.39 is 0 Å². The molecule has 1 heterocycles. The molecular formula is C18H19N3O2. The van der Waals surface area contributed by atoms with Crippen molar-refractivity contribution in [3.63, 3.8) is 0 Å². The number of carbonyl (C=O) groups is 1. The van der Waals surface area contributed by atoms with Gasteiger partial charge in [0.2, 0.25) is 5.91 Å². The number of amides is 1. The van der Waals surface area contributed by atoms with E-state index in [2.05, 4.69) is 18.0 Å². The van der Waals surface area contributed by atoms with Crippen molar-refractivity contribution in [3.8, 4) is 6.07 Å². The monoisotopic (exact) mass is 309 g/mol. The van der Waals surface area contributed by atoms with Crippen LogP contribution in [0.15, 0.2) is 59.7 Å². The first-order valence-electron chi connectivity index (χ1n) is 7.32. The van der Waals surface area contributed by atoms with Crippen molar-refractivity contribution in [2.75, 3.05) is 13.1 Å². The minimum atomic E-state index is -0.0836. The molecule has 1 N–H and O–H groups in total. The Morgan fingerprint density at radius 2 is 2.26 bits per heavy atom. The number of nitrogens with one attached hydrogen (secondary N) is 1. The Morgan fingerprint density at radius 3 is 2.96 bits per heavy atom. The summed E-state index contributed by atoms with van der Waals surface area (Å²) < 4.78 is 5.18. The Morgan fingerprint density at radius 1 is 1.39 bits per heavy atom. The quantitative estimate of drug-likeness (QED) is 0.761. The molecule has 0 fully saturated rings. The molecule has 2 rings (SSSR count). The van der Waals surface area contributed by atoms with E-state index in [1.165, 1.54) is 0 Å². The minimum Gasteiger partial charge on any atom is -0.467 e. The van der Waals surface area contributed by atoms with Crippen LogP contribution in [0.25, 0.3) is 0 Å². The predicted octanol–water partition coefficient (Wildman–Crippen LogP) is 2.46. The van der Waals surface area contributed by atoms with Gasteiger partial charge < -0.3 is 9.73 Å². The summed E-state index contributed by atoms with van der Waals surface area (Å²) in [4.78, 5) is 14.0. The van der Waals surface area contributed by atoms with Gasteiger partial charge in [-0.1, -0.05) is 18.2 Å². The van der Waals surface area contributed by atoms with Gasteiger partial charge in [-0.15, -0.1) is 6.58 Å². The van der Waals surface area contributed by atoms with Gasteiger partial charge in [-0.2, -0.15) is 5.26 Å². The third-order valence-electron chi connectivity index (χ3n) is 3.26. The zero-order valence-corrected chi connectivity index (χ0v) is 12.9. The van der Waals surface area contributed by atoms with E-state index in [4.69, 9.17) is 9.68 Å². The summed E-state index contributed by atoms with van der Waals surface area (Å²) in [6.45, 7) is 5.52. The molecule has 1 aromatic carbocycles. The maximum absolute atomic E-state index is 12.1. The highest BCUT2D eigenvalue weighted by atomic mass is 16.3. The van der Waals surface area contributed by atoms with Crippen molar-refractivity contribution >= 4 is 5.91 Å². The molecule has 0 saturated carbocycles. The lowest BCUT2D eigenvalue weighted by atomic mass is 10.1. The molecule has 23 heavy (non-hydrogen) atoms. The normalized spacial score (nSPS) is 10.3. The zero-order valence-electron chi connectivity index (χ0n) is 12.9. The number of carbonyl (C=O) groups excluding carboxylic acids is 1. The highest BCUT2D eigenvalue weighted by Crippen LogP contribution is 2.08. The van der Waals surface area contributed by atoms with Gasteiger partial charge >= 0.3 is 0 Å². The average molecular weight is 309 g/mol. The van der Waals surface area contributed by atoms with Gasteiger partial charge in [-0.05, 0) is 29.8 Å². The van der Waals surface area contributed by atoms with Crippen LogP contribution >= 0.6 is 0 Å². The average Bonchev–Trinajstić information content (AvgIpc) is 3.07. The third-order valence-corrected chi connectivity index (χ3v) is 3.26. The molecule has 1 amide bonds. The number of nitriles is 1. The molecule has 118 valence electrons. The molecule has 0 aliphatic rings. The summed E-state index contributed by atoms with van der Waals surface area (Å²) in [6, 6.07) is 13.1. The van der Waals surface area contributed by atoms with Crippen LogP contribution in [-0.2, 0) is 17.9 Å². The summed E-state index contributed by atoms with van der Waals surface area (Å²) in [6.07, 6.45) is 3.33. The van der Waals surface area contributed by atoms with Crippen LogP contribution in [0.2, 0.25) is 0 Å². The SMILES string of the molecule is C=CCN(CC(=O)NCc1ccco1)Cc1cccc(C#N)c1. The van der Waals surface area contributed by atoms with Crippen molar-refractivity contribution in [1.29, 1.82) is 5.26 Å². The Balaban J connectivity index is 1.90. The number of nitrogens with zero attached hydrogens (tertiary/aromatic N) is 2. The Hall–Kier alpha value is -2.84. The van der Waals surface area contributed by atoms with Gasteiger partial charge in [0, 0.05) is 13.1 Å². The van der Waals surface area contributed by atoms with Crippen LogP contribution in [0.5, 0.6) is 0 Å². The van der Waals surface area contributed by atoms with Gasteiger partial charge in [-0.25, -0.2) is 0 Å². The third kappa shape index (κ3) is 5.46. The second-order valence-electron chi connectivity index (χ2n) is 5.13. The molecular weight excluding hydrogens is 290 g/mol. The first kappa shape index (κ1) is 16.5. The smallest absolute Gasteiger partial charge is 0.234 e. The lowest BCUT2D eigenvalue weighted by molar-refractivity contribution is -0.122. The van der Waals surface area contributed by atoms with E-state index in [0.717, 1.165) is 11.3 Å². The van der Waals surface area contributed by atoms with Gasteiger partial charge in [0.05, 0.1) is 31.0 Å². The molecule has 0 spiro atoms. The zero-order chi connectivity index (χ0) is 16.5. The Kier molecular flexibility index (Phi) is 6.16. The van der Waals surface area contributed by atoms with E-state index in [9.17, 15) is 4.79 Å². The predicted molar refractivity (Wildman–Crippen MR) is 87.2 cm³/mol. The summed E-state index contributed by atoms with van der Waals surface area (Å²) in [5, 5.41) is 11.8. The van der Waals surface area contributed by atoms with Crippen LogP contribution in [0.1, 0.15) is 16.9 Å². The minimum absolute atomic E-state index is 0.0836. The highest BCUT2D eigenvalue weighted by Gasteiger charge is 2.11. The molecule has 0 saturated heterocycles. The molecule has 0 aliphatic heterocycles. The summed E-state index contributed by atoms with van der Waals surface area (Å²) in [7, 11) is 0. The van der Waals surface area contributed by atoms with E-state index in [1.807, 2.05) is 29.2 Å². The number of rotatable bonds is 8. The standard InChI is InChI=1S/C18H19N3O2/c1-2-8-21(13-16-6-3-5-15(10-16)11-19)14-18(22)20-12-17-7-4-9-23-17/h2-7,9-10H,1,8,12-14H2,(H,20,22). The molecule has 0 atom stereocenters. The van der Waals surface area contributed by atoms with Crippen LogP contribution in [0.3, 0.4) is 0 Å². The maximum atomic E-state index is 12.1. The van der Waals surface area contributed by atoms with Crippen molar-refractivity contribution in [2.24, 2.45) is 0 Å². The number of hydrogen-bond acceptors (Lipinski definition) is 4.